The molecule has 0 fully saturated rings. The summed E-state index contributed by atoms with van der Waals surface area (Å²) in [4.78, 5) is 0. The summed E-state index contributed by atoms with van der Waals surface area (Å²) in [5, 5.41) is 0.814. The van der Waals surface area contributed by atoms with Crippen LogP contribution in [0.4, 0.5) is 0 Å². The van der Waals surface area contributed by atoms with Crippen LogP contribution in [0.15, 0.2) is 42.5 Å². The Labute approximate surface area is 134 Å². The molecule has 21 heavy (non-hydrogen) atoms. The molecule has 1 unspecified atom stereocenters. The summed E-state index contributed by atoms with van der Waals surface area (Å²) in [6, 6.07) is 14.6. The van der Waals surface area contributed by atoms with Gasteiger partial charge >= 0.3 is 0 Å². The minimum atomic E-state index is 0.402. The van der Waals surface area contributed by atoms with Crippen molar-refractivity contribution in [2.45, 2.75) is 24.6 Å². The number of para-hydroxylation sites is 1. The highest BCUT2D eigenvalue weighted by atomic mass is 79.9. The van der Waals surface area contributed by atoms with Gasteiger partial charge in [-0.05, 0) is 25.5 Å². The van der Waals surface area contributed by atoms with Crippen molar-refractivity contribution in [3.63, 3.8) is 0 Å². The van der Waals surface area contributed by atoms with Gasteiger partial charge in [-0.2, -0.15) is 0 Å². The van der Waals surface area contributed by atoms with E-state index in [1.807, 2.05) is 12.1 Å². The zero-order valence-corrected chi connectivity index (χ0v) is 13.7. The van der Waals surface area contributed by atoms with Crippen molar-refractivity contribution in [3.8, 4) is 11.5 Å². The number of ether oxygens (including phenoxy) is 2. The molecule has 2 aromatic rings. The summed E-state index contributed by atoms with van der Waals surface area (Å²) < 4.78 is 11.8. The first kappa shape index (κ1) is 14.5. The third-order valence-electron chi connectivity index (χ3n) is 3.88. The fourth-order valence-corrected chi connectivity index (χ4v) is 3.17. The lowest BCUT2D eigenvalue weighted by atomic mass is 9.94. The number of halogens is 1. The van der Waals surface area contributed by atoms with Crippen molar-refractivity contribution in [2.75, 3.05) is 13.2 Å². The van der Waals surface area contributed by atoms with Gasteiger partial charge in [0.05, 0.1) is 13.2 Å². The molecule has 0 bridgehead atoms. The van der Waals surface area contributed by atoms with Gasteiger partial charge in [0, 0.05) is 22.4 Å². The van der Waals surface area contributed by atoms with Crippen molar-refractivity contribution in [1.29, 1.82) is 0 Å². The van der Waals surface area contributed by atoms with Crippen molar-refractivity contribution in [1.82, 2.24) is 0 Å². The van der Waals surface area contributed by atoms with Gasteiger partial charge in [-0.1, -0.05) is 51.8 Å². The van der Waals surface area contributed by atoms with Crippen molar-refractivity contribution >= 4 is 15.9 Å². The molecule has 0 spiro atoms. The second kappa shape index (κ2) is 6.52. The van der Waals surface area contributed by atoms with Crippen LogP contribution in [-0.4, -0.2) is 13.2 Å². The third-order valence-corrected chi connectivity index (χ3v) is 4.49. The van der Waals surface area contributed by atoms with Crippen LogP contribution in [-0.2, 0) is 5.33 Å². The Kier molecular flexibility index (Phi) is 4.49. The van der Waals surface area contributed by atoms with Gasteiger partial charge in [-0.3, -0.25) is 0 Å². The SMILES string of the molecule is Cc1ccc(OCC2CCOc3ccccc32)c(CBr)c1. The molecule has 0 amide bonds. The Bertz CT molecular complexity index is 624. The molecule has 0 radical (unpaired) electrons. The van der Waals surface area contributed by atoms with E-state index in [1.165, 1.54) is 16.7 Å². The maximum absolute atomic E-state index is 6.09. The van der Waals surface area contributed by atoms with Gasteiger partial charge in [0.1, 0.15) is 11.5 Å². The van der Waals surface area contributed by atoms with Crippen LogP contribution in [0.3, 0.4) is 0 Å². The Balaban J connectivity index is 1.74. The highest BCUT2D eigenvalue weighted by Crippen LogP contribution is 2.34. The molecule has 110 valence electrons. The summed E-state index contributed by atoms with van der Waals surface area (Å²) in [7, 11) is 0. The molecule has 0 saturated carbocycles. The van der Waals surface area contributed by atoms with Crippen molar-refractivity contribution in [2.24, 2.45) is 0 Å². The smallest absolute Gasteiger partial charge is 0.123 e. The first-order valence-corrected chi connectivity index (χ1v) is 8.40. The van der Waals surface area contributed by atoms with Gasteiger partial charge in [-0.15, -0.1) is 0 Å². The van der Waals surface area contributed by atoms with Crippen LogP contribution in [0.1, 0.15) is 29.0 Å². The molecule has 1 atom stereocenters. The summed E-state index contributed by atoms with van der Waals surface area (Å²) >= 11 is 3.53. The fraction of sp³-hybridized carbons (Fsp3) is 0.333. The summed E-state index contributed by atoms with van der Waals surface area (Å²) in [5.74, 6) is 2.38. The molecule has 0 aliphatic carbocycles. The molecule has 2 aromatic carbocycles. The van der Waals surface area contributed by atoms with Gasteiger partial charge < -0.3 is 9.47 Å². The van der Waals surface area contributed by atoms with E-state index in [-0.39, 0.29) is 0 Å². The molecule has 1 heterocycles. The average Bonchev–Trinajstić information content (AvgIpc) is 2.53. The van der Waals surface area contributed by atoms with E-state index in [0.717, 1.165) is 29.9 Å². The fourth-order valence-electron chi connectivity index (χ4n) is 2.73. The number of hydrogen-bond donors (Lipinski definition) is 0. The van der Waals surface area contributed by atoms with E-state index in [2.05, 4.69) is 53.2 Å². The van der Waals surface area contributed by atoms with Crippen LogP contribution >= 0.6 is 15.9 Å². The van der Waals surface area contributed by atoms with E-state index < -0.39 is 0 Å². The molecule has 0 saturated heterocycles. The van der Waals surface area contributed by atoms with Crippen LogP contribution in [0, 0.1) is 6.92 Å². The van der Waals surface area contributed by atoms with Gasteiger partial charge in [0.25, 0.3) is 0 Å². The predicted molar refractivity (Wildman–Crippen MR) is 88.6 cm³/mol. The van der Waals surface area contributed by atoms with E-state index in [9.17, 15) is 0 Å². The number of alkyl halides is 1. The maximum Gasteiger partial charge on any atom is 0.123 e. The highest BCUT2D eigenvalue weighted by Gasteiger charge is 2.21. The van der Waals surface area contributed by atoms with Crippen LogP contribution in [0.2, 0.25) is 0 Å². The van der Waals surface area contributed by atoms with Crippen molar-refractivity contribution in [3.05, 3.63) is 59.2 Å². The van der Waals surface area contributed by atoms with Gasteiger partial charge in [0.2, 0.25) is 0 Å². The molecule has 1 aliphatic rings. The first-order valence-electron chi connectivity index (χ1n) is 7.28. The van der Waals surface area contributed by atoms with E-state index in [4.69, 9.17) is 9.47 Å². The minimum absolute atomic E-state index is 0.402. The van der Waals surface area contributed by atoms with Crippen LogP contribution < -0.4 is 9.47 Å². The van der Waals surface area contributed by atoms with Gasteiger partial charge in [0.15, 0.2) is 0 Å². The largest absolute Gasteiger partial charge is 0.493 e. The molecular weight excluding hydrogens is 328 g/mol. The predicted octanol–water partition coefficient (Wildman–Crippen LogP) is 4.84. The summed E-state index contributed by atoms with van der Waals surface area (Å²) in [6.45, 7) is 3.57. The first-order chi connectivity index (χ1) is 10.3. The molecule has 1 aliphatic heterocycles. The molecule has 0 aromatic heterocycles. The lowest BCUT2D eigenvalue weighted by molar-refractivity contribution is 0.217. The number of rotatable bonds is 4. The number of fused-ring (bicyclic) bond motifs is 1. The Morgan fingerprint density at radius 3 is 2.95 bits per heavy atom. The van der Waals surface area contributed by atoms with Crippen LogP contribution in [0.25, 0.3) is 0 Å². The molecule has 3 rings (SSSR count). The van der Waals surface area contributed by atoms with Gasteiger partial charge in [-0.25, -0.2) is 0 Å². The zero-order valence-electron chi connectivity index (χ0n) is 12.1. The number of benzene rings is 2. The molecular formula is C18H19BrO2. The monoisotopic (exact) mass is 346 g/mol. The average molecular weight is 347 g/mol. The summed E-state index contributed by atoms with van der Waals surface area (Å²) in [5.41, 5.74) is 3.72. The molecule has 0 N–H and O–H groups in total. The van der Waals surface area contributed by atoms with Crippen LogP contribution in [0.5, 0.6) is 11.5 Å². The lowest BCUT2D eigenvalue weighted by Crippen LogP contribution is -2.19. The molecule has 2 nitrogen and oxygen atoms in total. The topological polar surface area (TPSA) is 18.5 Å². The second-order valence-electron chi connectivity index (χ2n) is 5.43. The van der Waals surface area contributed by atoms with Crippen molar-refractivity contribution < 1.29 is 9.47 Å². The maximum atomic E-state index is 6.09. The Morgan fingerprint density at radius 2 is 2.10 bits per heavy atom. The van der Waals surface area contributed by atoms with E-state index in [0.29, 0.717) is 12.5 Å². The highest BCUT2D eigenvalue weighted by molar-refractivity contribution is 9.08. The lowest BCUT2D eigenvalue weighted by Gasteiger charge is -2.26. The number of hydrogen-bond acceptors (Lipinski definition) is 2. The standard InChI is InChI=1S/C18H19BrO2/c1-13-6-7-17(15(10-13)11-19)21-12-14-8-9-20-18-5-3-2-4-16(14)18/h2-7,10,14H,8-9,11-12H2,1H3. The second-order valence-corrected chi connectivity index (χ2v) is 5.99. The molecule has 3 heteroatoms. The zero-order chi connectivity index (χ0) is 14.7. The van der Waals surface area contributed by atoms with E-state index >= 15 is 0 Å². The Hall–Kier alpha value is -1.48. The summed E-state index contributed by atoms with van der Waals surface area (Å²) in [6.07, 6.45) is 1.01. The normalized spacial score (nSPS) is 17.0. The quantitative estimate of drug-likeness (QED) is 0.737. The van der Waals surface area contributed by atoms with E-state index in [1.54, 1.807) is 0 Å². The Morgan fingerprint density at radius 1 is 1.24 bits per heavy atom. The third kappa shape index (κ3) is 3.24. The minimum Gasteiger partial charge on any atom is -0.493 e. The number of aryl methyl sites for hydroxylation is 1.